The summed E-state index contributed by atoms with van der Waals surface area (Å²) in [5.41, 5.74) is 6.46. The number of hydrogen-bond donors (Lipinski definition) is 2. The summed E-state index contributed by atoms with van der Waals surface area (Å²) in [5, 5.41) is 19.7. The highest BCUT2D eigenvalue weighted by atomic mass is 16.3. The van der Waals surface area contributed by atoms with Gasteiger partial charge in [0.2, 0.25) is 0 Å². The summed E-state index contributed by atoms with van der Waals surface area (Å²) in [4.78, 5) is 0. The molecule has 0 saturated heterocycles. The Balaban J connectivity index is 0.000000314. The second-order valence-corrected chi connectivity index (χ2v) is 9.36. The molecule has 2 N–H and O–H groups in total. The molecule has 0 atom stereocenters. The lowest BCUT2D eigenvalue weighted by molar-refractivity contribution is 0.281. The topological polar surface area (TPSA) is 40.5 Å². The first-order valence-corrected chi connectivity index (χ1v) is 9.28. The summed E-state index contributed by atoms with van der Waals surface area (Å²) >= 11 is 0. The van der Waals surface area contributed by atoms with Crippen LogP contribution in [0.3, 0.4) is 0 Å². The standard InChI is InChI=1S/C15H24O2.C9H12/c1-14(2,3)11-7-10(9-16)8-12(13(11)17)15(4,5)6;1-7-4-8(2)6-9(3)5-7/h7-8,16-17H,9H2,1-6H3;4-6H,1-3H3. The van der Waals surface area contributed by atoms with Gasteiger partial charge < -0.3 is 10.2 Å². The van der Waals surface area contributed by atoms with E-state index in [-0.39, 0.29) is 17.4 Å². The van der Waals surface area contributed by atoms with E-state index in [0.717, 1.165) is 16.7 Å². The number of phenols is 1. The van der Waals surface area contributed by atoms with Crippen molar-refractivity contribution in [1.29, 1.82) is 0 Å². The minimum Gasteiger partial charge on any atom is -0.507 e. The Morgan fingerprint density at radius 1 is 0.654 bits per heavy atom. The lowest BCUT2D eigenvalue weighted by Gasteiger charge is -2.28. The van der Waals surface area contributed by atoms with Crippen molar-refractivity contribution in [3.8, 4) is 5.75 Å². The second kappa shape index (κ2) is 8.26. The first-order valence-electron chi connectivity index (χ1n) is 9.28. The minimum atomic E-state index is -0.130. The Morgan fingerprint density at radius 2 is 0.962 bits per heavy atom. The minimum absolute atomic E-state index is 0.00639. The third kappa shape index (κ3) is 6.17. The molecule has 0 bridgehead atoms. The van der Waals surface area contributed by atoms with Crippen molar-refractivity contribution >= 4 is 0 Å². The van der Waals surface area contributed by atoms with Crippen molar-refractivity contribution in [3.05, 3.63) is 63.7 Å². The zero-order chi connectivity index (χ0) is 20.3. The fourth-order valence-electron chi connectivity index (χ4n) is 3.13. The van der Waals surface area contributed by atoms with E-state index in [9.17, 15) is 10.2 Å². The summed E-state index contributed by atoms with van der Waals surface area (Å²) in [6.45, 7) is 18.8. The van der Waals surface area contributed by atoms with Crippen LogP contribution in [0.1, 0.15) is 74.9 Å². The number of rotatable bonds is 1. The molecular formula is C24H36O2. The van der Waals surface area contributed by atoms with Crippen molar-refractivity contribution in [2.45, 2.75) is 79.8 Å². The van der Waals surface area contributed by atoms with E-state index in [2.05, 4.69) is 80.5 Å². The molecule has 2 nitrogen and oxygen atoms in total. The summed E-state index contributed by atoms with van der Waals surface area (Å²) in [5.74, 6) is 0.363. The molecule has 0 saturated carbocycles. The highest BCUT2D eigenvalue weighted by Crippen LogP contribution is 2.39. The third-order valence-corrected chi connectivity index (χ3v) is 4.33. The van der Waals surface area contributed by atoms with Gasteiger partial charge in [-0.25, -0.2) is 0 Å². The molecule has 2 heteroatoms. The average Bonchev–Trinajstić information content (AvgIpc) is 2.44. The summed E-state index contributed by atoms with van der Waals surface area (Å²) in [7, 11) is 0. The fraction of sp³-hybridized carbons (Fsp3) is 0.500. The molecule has 0 spiro atoms. The van der Waals surface area contributed by atoms with E-state index >= 15 is 0 Å². The van der Waals surface area contributed by atoms with Crippen molar-refractivity contribution in [1.82, 2.24) is 0 Å². The molecule has 0 radical (unpaired) electrons. The van der Waals surface area contributed by atoms with Crippen LogP contribution in [0.5, 0.6) is 5.75 Å². The van der Waals surface area contributed by atoms with E-state index in [1.165, 1.54) is 16.7 Å². The number of aryl methyl sites for hydroxylation is 3. The van der Waals surface area contributed by atoms with Gasteiger partial charge in [0.15, 0.2) is 0 Å². The van der Waals surface area contributed by atoms with Crippen molar-refractivity contribution in [3.63, 3.8) is 0 Å². The predicted molar refractivity (Wildman–Crippen MR) is 112 cm³/mol. The fourth-order valence-corrected chi connectivity index (χ4v) is 3.13. The van der Waals surface area contributed by atoms with E-state index < -0.39 is 0 Å². The lowest BCUT2D eigenvalue weighted by atomic mass is 9.78. The van der Waals surface area contributed by atoms with Gasteiger partial charge in [-0.15, -0.1) is 0 Å². The van der Waals surface area contributed by atoms with Crippen LogP contribution >= 0.6 is 0 Å². The largest absolute Gasteiger partial charge is 0.507 e. The first kappa shape index (κ1) is 22.2. The average molecular weight is 357 g/mol. The van der Waals surface area contributed by atoms with Gasteiger partial charge in [-0.3, -0.25) is 0 Å². The molecular weight excluding hydrogens is 320 g/mol. The summed E-state index contributed by atoms with van der Waals surface area (Å²) in [6.07, 6.45) is 0. The van der Waals surface area contributed by atoms with E-state index in [4.69, 9.17) is 0 Å². The van der Waals surface area contributed by atoms with Gasteiger partial charge in [0, 0.05) is 0 Å². The van der Waals surface area contributed by atoms with E-state index in [1.54, 1.807) is 0 Å². The predicted octanol–water partition coefficient (Wildman–Crippen LogP) is 6.09. The van der Waals surface area contributed by atoms with Crippen LogP contribution in [0, 0.1) is 20.8 Å². The number of benzene rings is 2. The first-order chi connectivity index (χ1) is 11.8. The maximum absolute atomic E-state index is 10.4. The molecule has 0 aliphatic heterocycles. The van der Waals surface area contributed by atoms with Crippen LogP contribution in [0.4, 0.5) is 0 Å². The molecule has 2 rings (SSSR count). The number of aliphatic hydroxyl groups is 1. The van der Waals surface area contributed by atoms with Crippen LogP contribution in [-0.2, 0) is 17.4 Å². The monoisotopic (exact) mass is 356 g/mol. The normalized spacial score (nSPS) is 11.8. The number of aliphatic hydroxyl groups excluding tert-OH is 1. The molecule has 2 aromatic carbocycles. The zero-order valence-corrected chi connectivity index (χ0v) is 18.0. The van der Waals surface area contributed by atoms with Gasteiger partial charge in [0.1, 0.15) is 5.75 Å². The Kier molecular flexibility index (Phi) is 7.07. The SMILES string of the molecule is CC(C)(C)c1cc(CO)cc(C(C)(C)C)c1O.Cc1cc(C)cc(C)c1. The molecule has 0 amide bonds. The highest BCUT2D eigenvalue weighted by Gasteiger charge is 2.26. The molecule has 144 valence electrons. The summed E-state index contributed by atoms with van der Waals surface area (Å²) in [6, 6.07) is 10.3. The van der Waals surface area contributed by atoms with E-state index in [0.29, 0.717) is 5.75 Å². The Hall–Kier alpha value is -1.80. The summed E-state index contributed by atoms with van der Waals surface area (Å²) < 4.78 is 0. The second-order valence-electron chi connectivity index (χ2n) is 9.36. The molecule has 26 heavy (non-hydrogen) atoms. The van der Waals surface area contributed by atoms with Gasteiger partial charge in [0.05, 0.1) is 6.61 Å². The third-order valence-electron chi connectivity index (χ3n) is 4.33. The van der Waals surface area contributed by atoms with Crippen LogP contribution < -0.4 is 0 Å². The van der Waals surface area contributed by atoms with Crippen LogP contribution in [0.2, 0.25) is 0 Å². The molecule has 0 aromatic heterocycles. The van der Waals surface area contributed by atoms with Gasteiger partial charge in [-0.1, -0.05) is 76.4 Å². The Morgan fingerprint density at radius 3 is 1.19 bits per heavy atom. The van der Waals surface area contributed by atoms with Gasteiger partial charge in [0.25, 0.3) is 0 Å². The number of hydrogen-bond acceptors (Lipinski definition) is 2. The van der Waals surface area contributed by atoms with Gasteiger partial charge in [-0.2, -0.15) is 0 Å². The molecule has 0 aliphatic rings. The molecule has 0 fully saturated rings. The van der Waals surface area contributed by atoms with Crippen LogP contribution in [-0.4, -0.2) is 10.2 Å². The van der Waals surface area contributed by atoms with Crippen molar-refractivity contribution < 1.29 is 10.2 Å². The van der Waals surface area contributed by atoms with Gasteiger partial charge in [-0.05, 0) is 60.4 Å². The molecule has 0 heterocycles. The number of aromatic hydroxyl groups is 1. The van der Waals surface area contributed by atoms with Crippen molar-refractivity contribution in [2.75, 3.05) is 0 Å². The molecule has 0 unspecified atom stereocenters. The van der Waals surface area contributed by atoms with Crippen molar-refractivity contribution in [2.24, 2.45) is 0 Å². The molecule has 2 aromatic rings. The molecule has 0 aliphatic carbocycles. The Bertz CT molecular complexity index is 658. The zero-order valence-electron chi connectivity index (χ0n) is 18.0. The van der Waals surface area contributed by atoms with Crippen LogP contribution in [0.25, 0.3) is 0 Å². The highest BCUT2D eigenvalue weighted by molar-refractivity contribution is 5.49. The maximum Gasteiger partial charge on any atom is 0.123 e. The quantitative estimate of drug-likeness (QED) is 0.649. The van der Waals surface area contributed by atoms with E-state index in [1.807, 2.05) is 12.1 Å². The lowest BCUT2D eigenvalue weighted by Crippen LogP contribution is -2.17. The number of phenolic OH excluding ortho intramolecular Hbond substituents is 1. The smallest absolute Gasteiger partial charge is 0.123 e. The van der Waals surface area contributed by atoms with Crippen LogP contribution in [0.15, 0.2) is 30.3 Å². The van der Waals surface area contributed by atoms with Gasteiger partial charge >= 0.3 is 0 Å². The maximum atomic E-state index is 10.4. The Labute approximate surface area is 159 Å².